The number of fused-ring (bicyclic) bond motifs is 2. The monoisotopic (exact) mass is 286 g/mol. The molecule has 4 heteroatoms. The molecule has 0 saturated carbocycles. The maximum atomic E-state index is 9.51. The van der Waals surface area contributed by atoms with Crippen molar-refractivity contribution < 1.29 is 0 Å². The first kappa shape index (κ1) is 12.7. The molecule has 0 spiro atoms. The van der Waals surface area contributed by atoms with Crippen LogP contribution in [-0.4, -0.2) is 11.5 Å². The zero-order valence-corrected chi connectivity index (χ0v) is 12.0. The van der Waals surface area contributed by atoms with Crippen LogP contribution in [0.2, 0.25) is 0 Å². The van der Waals surface area contributed by atoms with Crippen LogP contribution in [0.5, 0.6) is 0 Å². The molecule has 0 fully saturated rings. The number of nitriles is 1. The molecule has 0 unspecified atom stereocenters. The Morgan fingerprint density at radius 3 is 2.86 bits per heavy atom. The third-order valence-corrected chi connectivity index (χ3v) is 4.08. The standard InChI is InChI=1S/C18H14N4/c19-11-14-9-13-10-15(20)5-6-16(13)21-18(14)22-8-7-12-3-1-2-4-17(12)22/h1-6,9-10H,7-8,20H2. The van der Waals surface area contributed by atoms with Crippen LogP contribution < -0.4 is 10.6 Å². The first-order chi connectivity index (χ1) is 10.8. The van der Waals surface area contributed by atoms with E-state index in [2.05, 4.69) is 23.1 Å². The Kier molecular flexibility index (Phi) is 2.73. The van der Waals surface area contributed by atoms with E-state index >= 15 is 0 Å². The number of rotatable bonds is 1. The fraction of sp³-hybridized carbons (Fsp3) is 0.111. The van der Waals surface area contributed by atoms with Crippen LogP contribution in [0.3, 0.4) is 0 Å². The summed E-state index contributed by atoms with van der Waals surface area (Å²) in [6.07, 6.45) is 0.975. The SMILES string of the molecule is N#Cc1cc2cc(N)ccc2nc1N1CCc2ccccc21. The molecular weight excluding hydrogens is 272 g/mol. The van der Waals surface area contributed by atoms with Crippen LogP contribution in [0.4, 0.5) is 17.2 Å². The third kappa shape index (κ3) is 1.87. The minimum absolute atomic E-state index is 0.579. The number of nitrogens with two attached hydrogens (primary N) is 1. The quantitative estimate of drug-likeness (QED) is 0.696. The molecule has 2 N–H and O–H groups in total. The van der Waals surface area contributed by atoms with Crippen LogP contribution in [-0.2, 0) is 6.42 Å². The highest BCUT2D eigenvalue weighted by atomic mass is 15.2. The topological polar surface area (TPSA) is 65.9 Å². The predicted octanol–water partition coefficient (Wildman–Crippen LogP) is 3.38. The lowest BCUT2D eigenvalue weighted by Crippen LogP contribution is -2.16. The van der Waals surface area contributed by atoms with E-state index in [1.54, 1.807) is 0 Å². The first-order valence-electron chi connectivity index (χ1n) is 7.22. The van der Waals surface area contributed by atoms with Gasteiger partial charge in [0.05, 0.1) is 11.1 Å². The van der Waals surface area contributed by atoms with Crippen molar-refractivity contribution in [1.29, 1.82) is 5.26 Å². The van der Waals surface area contributed by atoms with Gasteiger partial charge in [-0.15, -0.1) is 0 Å². The normalized spacial score (nSPS) is 13.1. The van der Waals surface area contributed by atoms with E-state index in [4.69, 9.17) is 10.7 Å². The van der Waals surface area contributed by atoms with E-state index < -0.39 is 0 Å². The first-order valence-corrected chi connectivity index (χ1v) is 7.22. The minimum Gasteiger partial charge on any atom is -0.399 e. The Balaban J connectivity index is 1.92. The van der Waals surface area contributed by atoms with Gasteiger partial charge in [0.1, 0.15) is 6.07 Å². The van der Waals surface area contributed by atoms with Crippen LogP contribution in [0, 0.1) is 11.3 Å². The lowest BCUT2D eigenvalue weighted by atomic mass is 10.1. The van der Waals surface area contributed by atoms with E-state index in [-0.39, 0.29) is 0 Å². The highest BCUT2D eigenvalue weighted by Crippen LogP contribution is 2.36. The van der Waals surface area contributed by atoms with Crippen molar-refractivity contribution in [3.05, 3.63) is 59.7 Å². The summed E-state index contributed by atoms with van der Waals surface area (Å²) < 4.78 is 0. The number of nitrogen functional groups attached to an aromatic ring is 1. The van der Waals surface area contributed by atoms with Crippen molar-refractivity contribution >= 4 is 28.1 Å². The number of nitrogens with zero attached hydrogens (tertiary/aromatic N) is 3. The van der Waals surface area contributed by atoms with E-state index in [1.165, 1.54) is 5.56 Å². The van der Waals surface area contributed by atoms with Crippen LogP contribution in [0.25, 0.3) is 10.9 Å². The molecule has 4 nitrogen and oxygen atoms in total. The van der Waals surface area contributed by atoms with Crippen LogP contribution in [0.15, 0.2) is 48.5 Å². The van der Waals surface area contributed by atoms with Crippen molar-refractivity contribution in [3.63, 3.8) is 0 Å². The molecule has 0 amide bonds. The minimum atomic E-state index is 0.579. The third-order valence-electron chi connectivity index (χ3n) is 4.08. The van der Waals surface area contributed by atoms with Gasteiger partial charge in [0.25, 0.3) is 0 Å². The molecule has 0 aliphatic carbocycles. The molecule has 2 heterocycles. The van der Waals surface area contributed by atoms with Gasteiger partial charge in [-0.25, -0.2) is 4.98 Å². The Hall–Kier alpha value is -3.06. The Morgan fingerprint density at radius 2 is 2.00 bits per heavy atom. The van der Waals surface area contributed by atoms with E-state index in [9.17, 15) is 5.26 Å². The van der Waals surface area contributed by atoms with Gasteiger partial charge in [-0.1, -0.05) is 18.2 Å². The fourth-order valence-electron chi connectivity index (χ4n) is 3.03. The highest BCUT2D eigenvalue weighted by molar-refractivity contribution is 5.87. The average Bonchev–Trinajstić information content (AvgIpc) is 2.97. The molecule has 0 radical (unpaired) electrons. The van der Waals surface area contributed by atoms with Gasteiger partial charge in [0, 0.05) is 23.3 Å². The number of hydrogen-bond acceptors (Lipinski definition) is 4. The zero-order chi connectivity index (χ0) is 15.1. The Bertz CT molecular complexity index is 924. The average molecular weight is 286 g/mol. The second-order valence-corrected chi connectivity index (χ2v) is 5.45. The lowest BCUT2D eigenvalue weighted by molar-refractivity contribution is 0.977. The summed E-state index contributed by atoms with van der Waals surface area (Å²) in [6.45, 7) is 0.849. The van der Waals surface area contributed by atoms with Gasteiger partial charge in [0.15, 0.2) is 5.82 Å². The summed E-state index contributed by atoms with van der Waals surface area (Å²) in [4.78, 5) is 6.84. The summed E-state index contributed by atoms with van der Waals surface area (Å²) in [5.74, 6) is 0.727. The molecule has 1 aliphatic heterocycles. The molecule has 0 saturated heterocycles. The van der Waals surface area contributed by atoms with E-state index in [1.807, 2.05) is 36.4 Å². The number of hydrogen-bond donors (Lipinski definition) is 1. The summed E-state index contributed by atoms with van der Waals surface area (Å²) in [6, 6.07) is 18.0. The number of pyridine rings is 1. The van der Waals surface area contributed by atoms with Gasteiger partial charge in [-0.3, -0.25) is 0 Å². The van der Waals surface area contributed by atoms with Crippen LogP contribution in [0.1, 0.15) is 11.1 Å². The van der Waals surface area contributed by atoms with Gasteiger partial charge < -0.3 is 10.6 Å². The molecule has 2 aromatic carbocycles. The maximum absolute atomic E-state index is 9.51. The predicted molar refractivity (Wildman–Crippen MR) is 88.0 cm³/mol. The maximum Gasteiger partial charge on any atom is 0.151 e. The number of benzene rings is 2. The van der Waals surface area contributed by atoms with Gasteiger partial charge in [-0.05, 0) is 42.3 Å². The largest absolute Gasteiger partial charge is 0.399 e. The highest BCUT2D eigenvalue weighted by Gasteiger charge is 2.23. The number of aromatic nitrogens is 1. The molecule has 22 heavy (non-hydrogen) atoms. The van der Waals surface area contributed by atoms with E-state index in [0.29, 0.717) is 11.3 Å². The second-order valence-electron chi connectivity index (χ2n) is 5.45. The van der Waals surface area contributed by atoms with Crippen molar-refractivity contribution in [2.24, 2.45) is 0 Å². The summed E-state index contributed by atoms with van der Waals surface area (Å²) in [7, 11) is 0. The molecule has 1 aliphatic rings. The van der Waals surface area contributed by atoms with Crippen molar-refractivity contribution in [2.45, 2.75) is 6.42 Å². The molecule has 3 aromatic rings. The molecular formula is C18H14N4. The summed E-state index contributed by atoms with van der Waals surface area (Å²) in [5.41, 5.74) is 10.4. The molecule has 4 rings (SSSR count). The number of anilines is 3. The zero-order valence-electron chi connectivity index (χ0n) is 12.0. The second kappa shape index (κ2) is 4.74. The number of para-hydroxylation sites is 1. The molecule has 0 atom stereocenters. The van der Waals surface area contributed by atoms with Gasteiger partial charge >= 0.3 is 0 Å². The van der Waals surface area contributed by atoms with E-state index in [0.717, 1.165) is 35.4 Å². The smallest absolute Gasteiger partial charge is 0.151 e. The van der Waals surface area contributed by atoms with Gasteiger partial charge in [-0.2, -0.15) is 5.26 Å². The van der Waals surface area contributed by atoms with Gasteiger partial charge in [0.2, 0.25) is 0 Å². The van der Waals surface area contributed by atoms with Crippen molar-refractivity contribution in [2.75, 3.05) is 17.2 Å². The molecule has 106 valence electrons. The molecule has 0 bridgehead atoms. The Morgan fingerprint density at radius 1 is 1.14 bits per heavy atom. The molecule has 1 aromatic heterocycles. The fourth-order valence-corrected chi connectivity index (χ4v) is 3.03. The Labute approximate surface area is 128 Å². The summed E-state index contributed by atoms with van der Waals surface area (Å²) >= 11 is 0. The van der Waals surface area contributed by atoms with Crippen molar-refractivity contribution in [3.8, 4) is 6.07 Å². The summed E-state index contributed by atoms with van der Waals surface area (Å²) in [5, 5.41) is 10.4. The van der Waals surface area contributed by atoms with Crippen LogP contribution >= 0.6 is 0 Å². The lowest BCUT2D eigenvalue weighted by Gasteiger charge is -2.20. The van der Waals surface area contributed by atoms with Crippen molar-refractivity contribution in [1.82, 2.24) is 4.98 Å².